The predicted octanol–water partition coefficient (Wildman–Crippen LogP) is 3.53. The highest BCUT2D eigenvalue weighted by molar-refractivity contribution is 6.06. The van der Waals surface area contributed by atoms with E-state index in [1.54, 1.807) is 19.9 Å². The van der Waals surface area contributed by atoms with Crippen LogP contribution >= 0.6 is 0 Å². The lowest BCUT2D eigenvalue weighted by molar-refractivity contribution is -0.147. The second-order valence-electron chi connectivity index (χ2n) is 5.83. The van der Waals surface area contributed by atoms with E-state index >= 15 is 0 Å². The number of fused-ring (bicyclic) bond motifs is 1. The van der Waals surface area contributed by atoms with Gasteiger partial charge in [0, 0.05) is 0 Å². The zero-order valence-corrected chi connectivity index (χ0v) is 14.7. The van der Waals surface area contributed by atoms with Crippen LogP contribution in [0.1, 0.15) is 53.1 Å². The average molecular weight is 316 g/mol. The van der Waals surface area contributed by atoms with E-state index in [2.05, 4.69) is 6.92 Å². The van der Waals surface area contributed by atoms with Gasteiger partial charge in [-0.25, -0.2) is 4.79 Å². The molecule has 0 aliphatic heterocycles. The molecular weight excluding hydrogens is 292 g/mol. The van der Waals surface area contributed by atoms with Crippen molar-refractivity contribution >= 4 is 18.0 Å². The van der Waals surface area contributed by atoms with Gasteiger partial charge in [0.2, 0.25) is 0 Å². The molecule has 0 saturated carbocycles. The summed E-state index contributed by atoms with van der Waals surface area (Å²) in [5, 5.41) is 0. The van der Waals surface area contributed by atoms with Gasteiger partial charge in [0.05, 0.1) is 18.8 Å². The van der Waals surface area contributed by atoms with Crippen LogP contribution in [-0.4, -0.2) is 25.2 Å². The van der Waals surface area contributed by atoms with Crippen LogP contribution in [0.25, 0.3) is 6.08 Å². The molecule has 0 N–H and O–H groups in total. The first-order valence-corrected chi connectivity index (χ1v) is 8.00. The molecule has 23 heavy (non-hydrogen) atoms. The minimum Gasteiger partial charge on any atom is -0.465 e. The van der Waals surface area contributed by atoms with Crippen LogP contribution in [0, 0.1) is 27.7 Å². The van der Waals surface area contributed by atoms with Crippen LogP contribution in [-0.2, 0) is 19.1 Å². The van der Waals surface area contributed by atoms with Crippen molar-refractivity contribution in [3.8, 4) is 0 Å². The van der Waals surface area contributed by atoms with Crippen molar-refractivity contribution in [2.45, 2.75) is 47.5 Å². The molecule has 1 aliphatic rings. The van der Waals surface area contributed by atoms with Crippen molar-refractivity contribution in [2.24, 2.45) is 0 Å². The first-order valence-electron chi connectivity index (χ1n) is 8.00. The van der Waals surface area contributed by atoms with Crippen molar-refractivity contribution < 1.29 is 19.1 Å². The zero-order chi connectivity index (χ0) is 17.3. The Morgan fingerprint density at radius 1 is 0.913 bits per heavy atom. The van der Waals surface area contributed by atoms with Gasteiger partial charge in [0.15, 0.2) is 0 Å². The summed E-state index contributed by atoms with van der Waals surface area (Å²) in [7, 11) is 0. The average Bonchev–Trinajstić information content (AvgIpc) is 2.92. The molecule has 2 rings (SSSR count). The number of carbonyl (C=O) groups is 2. The van der Waals surface area contributed by atoms with Crippen LogP contribution in [0.2, 0.25) is 0 Å². The maximum Gasteiger partial charge on any atom is 0.335 e. The molecular formula is C19H24O4. The third-order valence-electron chi connectivity index (χ3n) is 4.72. The molecule has 4 heteroatoms. The van der Waals surface area contributed by atoms with Gasteiger partial charge < -0.3 is 9.47 Å². The van der Waals surface area contributed by atoms with E-state index in [1.165, 1.54) is 5.56 Å². The van der Waals surface area contributed by atoms with Crippen molar-refractivity contribution in [2.75, 3.05) is 13.2 Å². The molecule has 0 saturated heterocycles. The summed E-state index contributed by atoms with van der Waals surface area (Å²) in [6, 6.07) is 0. The Hall–Kier alpha value is -2.10. The van der Waals surface area contributed by atoms with Gasteiger partial charge in [-0.15, -0.1) is 0 Å². The fraction of sp³-hybridized carbons (Fsp3) is 0.474. The van der Waals surface area contributed by atoms with E-state index < -0.39 is 17.9 Å². The van der Waals surface area contributed by atoms with Gasteiger partial charge in [-0.05, 0) is 81.0 Å². The number of esters is 2. The Bertz CT molecular complexity index is 698. The lowest BCUT2D eigenvalue weighted by atomic mass is 9.85. The first kappa shape index (κ1) is 17.3. The lowest BCUT2D eigenvalue weighted by Crippen LogP contribution is -2.22. The standard InChI is InChI=1S/C19H24O4/c1-7-22-18(20)15-9-14-12(5)10(3)11(4)13(6)16(14)17(15)19(21)23-8-2/h9,17H,7-8H2,1-6H3. The number of carbonyl (C=O) groups excluding carboxylic acids is 2. The largest absolute Gasteiger partial charge is 0.465 e. The van der Waals surface area contributed by atoms with Gasteiger partial charge in [-0.2, -0.15) is 0 Å². The van der Waals surface area contributed by atoms with E-state index in [4.69, 9.17) is 9.47 Å². The zero-order valence-electron chi connectivity index (χ0n) is 14.7. The Labute approximate surface area is 137 Å². The number of benzene rings is 1. The number of hydrogen-bond acceptors (Lipinski definition) is 4. The minimum atomic E-state index is -0.693. The van der Waals surface area contributed by atoms with Gasteiger partial charge in [0.25, 0.3) is 0 Å². The predicted molar refractivity (Wildman–Crippen MR) is 89.4 cm³/mol. The molecule has 0 bridgehead atoms. The minimum absolute atomic E-state index is 0.276. The SMILES string of the molecule is CCOC(=O)C1=Cc2c(C)c(C)c(C)c(C)c2C1C(=O)OCC. The third kappa shape index (κ3) is 2.78. The maximum absolute atomic E-state index is 12.5. The first-order chi connectivity index (χ1) is 10.8. The van der Waals surface area contributed by atoms with Crippen LogP contribution in [0.4, 0.5) is 0 Å². The van der Waals surface area contributed by atoms with E-state index in [0.717, 1.165) is 27.8 Å². The molecule has 0 radical (unpaired) electrons. The topological polar surface area (TPSA) is 52.6 Å². The summed E-state index contributed by atoms with van der Waals surface area (Å²) >= 11 is 0. The van der Waals surface area contributed by atoms with Crippen molar-refractivity contribution in [3.05, 3.63) is 39.0 Å². The van der Waals surface area contributed by atoms with Gasteiger partial charge >= 0.3 is 11.9 Å². The highest BCUT2D eigenvalue weighted by Crippen LogP contribution is 2.43. The van der Waals surface area contributed by atoms with Gasteiger partial charge in [-0.3, -0.25) is 4.79 Å². The number of hydrogen-bond donors (Lipinski definition) is 0. The molecule has 1 unspecified atom stereocenters. The van der Waals surface area contributed by atoms with Crippen LogP contribution in [0.5, 0.6) is 0 Å². The van der Waals surface area contributed by atoms with E-state index in [-0.39, 0.29) is 13.2 Å². The molecule has 1 aliphatic carbocycles. The molecule has 4 nitrogen and oxygen atoms in total. The summed E-state index contributed by atoms with van der Waals surface area (Å²) in [6.07, 6.45) is 1.80. The van der Waals surface area contributed by atoms with E-state index in [0.29, 0.717) is 5.57 Å². The highest BCUT2D eigenvalue weighted by Gasteiger charge is 2.39. The fourth-order valence-corrected chi connectivity index (χ4v) is 3.18. The van der Waals surface area contributed by atoms with Crippen LogP contribution in [0.3, 0.4) is 0 Å². The summed E-state index contributed by atoms with van der Waals surface area (Å²) in [4.78, 5) is 24.8. The summed E-state index contributed by atoms with van der Waals surface area (Å²) in [6.45, 7) is 12.2. The van der Waals surface area contributed by atoms with Gasteiger partial charge in [0.1, 0.15) is 5.92 Å². The lowest BCUT2D eigenvalue weighted by Gasteiger charge is -2.20. The number of rotatable bonds is 4. The monoisotopic (exact) mass is 316 g/mol. The Balaban J connectivity index is 2.66. The second kappa shape index (κ2) is 6.57. The molecule has 0 amide bonds. The molecule has 0 aromatic heterocycles. The second-order valence-corrected chi connectivity index (χ2v) is 5.83. The van der Waals surface area contributed by atoms with Crippen LogP contribution in [0.15, 0.2) is 5.57 Å². The number of ether oxygens (including phenoxy) is 2. The van der Waals surface area contributed by atoms with Crippen molar-refractivity contribution in [1.82, 2.24) is 0 Å². The summed E-state index contributed by atoms with van der Waals surface area (Å²) < 4.78 is 10.4. The third-order valence-corrected chi connectivity index (χ3v) is 4.72. The maximum atomic E-state index is 12.5. The molecule has 1 aromatic carbocycles. The molecule has 0 spiro atoms. The summed E-state index contributed by atoms with van der Waals surface area (Å²) in [5.74, 6) is -1.53. The Morgan fingerprint density at radius 2 is 1.48 bits per heavy atom. The van der Waals surface area contributed by atoms with Gasteiger partial charge in [-0.1, -0.05) is 0 Å². The van der Waals surface area contributed by atoms with E-state index in [9.17, 15) is 9.59 Å². The van der Waals surface area contributed by atoms with Crippen LogP contribution < -0.4 is 0 Å². The highest BCUT2D eigenvalue weighted by atomic mass is 16.5. The summed E-state index contributed by atoms with van der Waals surface area (Å²) in [5.41, 5.74) is 6.67. The molecule has 1 aromatic rings. The molecule has 124 valence electrons. The van der Waals surface area contributed by atoms with Crippen molar-refractivity contribution in [3.63, 3.8) is 0 Å². The molecule has 0 heterocycles. The fourth-order valence-electron chi connectivity index (χ4n) is 3.18. The normalized spacial score (nSPS) is 15.9. The van der Waals surface area contributed by atoms with Crippen molar-refractivity contribution in [1.29, 1.82) is 0 Å². The Morgan fingerprint density at radius 3 is 2.04 bits per heavy atom. The smallest absolute Gasteiger partial charge is 0.335 e. The van der Waals surface area contributed by atoms with E-state index in [1.807, 2.05) is 20.8 Å². The Kier molecular flexibility index (Phi) is 4.93. The molecule has 0 fully saturated rings. The molecule has 1 atom stereocenters. The quantitative estimate of drug-likeness (QED) is 0.797.